The number of imide groups is 1. The van der Waals surface area contributed by atoms with Crippen molar-refractivity contribution in [2.24, 2.45) is 0 Å². The number of rotatable bonds is 6. The number of pyridine rings is 1. The summed E-state index contributed by atoms with van der Waals surface area (Å²) < 4.78 is 5.05. The molecule has 0 atom stereocenters. The topological polar surface area (TPSA) is 88.6 Å². The number of thioether (sulfide) groups is 1. The Balaban J connectivity index is 1.56. The number of carbonyl (C=O) groups is 3. The zero-order valence-electron chi connectivity index (χ0n) is 14.5. The molecule has 138 valence electrons. The first-order valence-corrected chi connectivity index (χ1v) is 8.98. The molecule has 1 N–H and O–H groups in total. The Hall–Kier alpha value is -3.13. The molecule has 0 radical (unpaired) electrons. The van der Waals surface area contributed by atoms with Crippen LogP contribution in [0.15, 0.2) is 53.7 Å². The summed E-state index contributed by atoms with van der Waals surface area (Å²) in [7, 11) is 1.55. The summed E-state index contributed by atoms with van der Waals surface area (Å²) in [6, 6.07) is 10.2. The molecule has 1 saturated heterocycles. The Morgan fingerprint density at radius 3 is 2.70 bits per heavy atom. The molecule has 0 unspecified atom stereocenters. The van der Waals surface area contributed by atoms with E-state index >= 15 is 0 Å². The van der Waals surface area contributed by atoms with Crippen molar-refractivity contribution in [1.29, 1.82) is 0 Å². The Kier molecular flexibility index (Phi) is 5.87. The summed E-state index contributed by atoms with van der Waals surface area (Å²) in [6.45, 7) is 0.278. The van der Waals surface area contributed by atoms with E-state index in [1.165, 1.54) is 0 Å². The van der Waals surface area contributed by atoms with Crippen molar-refractivity contribution >= 4 is 34.9 Å². The Morgan fingerprint density at radius 2 is 2.04 bits per heavy atom. The van der Waals surface area contributed by atoms with Crippen molar-refractivity contribution < 1.29 is 19.1 Å². The molecule has 1 aromatic carbocycles. The highest BCUT2D eigenvalue weighted by atomic mass is 32.2. The molecule has 0 aliphatic carbocycles. The number of carbonyl (C=O) groups excluding carboxylic acids is 3. The number of amides is 3. The first kappa shape index (κ1) is 18.7. The average molecular weight is 383 g/mol. The Labute approximate surface area is 160 Å². The van der Waals surface area contributed by atoms with Gasteiger partial charge in [-0.15, -0.1) is 0 Å². The van der Waals surface area contributed by atoms with Crippen LogP contribution in [0.1, 0.15) is 15.9 Å². The van der Waals surface area contributed by atoms with Gasteiger partial charge in [0, 0.05) is 31.0 Å². The normalized spacial score (nSPS) is 15.3. The second-order valence-corrected chi connectivity index (χ2v) is 6.60. The molecule has 7 nitrogen and oxygen atoms in total. The highest BCUT2D eigenvalue weighted by Crippen LogP contribution is 2.31. The van der Waals surface area contributed by atoms with E-state index in [0.29, 0.717) is 16.2 Å². The standard InChI is InChI=1S/C19H17N3O4S/c1-26-15-6-4-14(5-7-15)17(23)21-9-10-22-18(24)16(27-19(22)25)11-13-3-2-8-20-12-13/h2-8,11-12H,9-10H2,1H3,(H,21,23)/b16-11+. The number of nitrogens with zero attached hydrogens (tertiary/aromatic N) is 2. The van der Waals surface area contributed by atoms with Crippen molar-refractivity contribution in [1.82, 2.24) is 15.2 Å². The number of benzene rings is 1. The van der Waals surface area contributed by atoms with Crippen LogP contribution in [0.3, 0.4) is 0 Å². The zero-order valence-corrected chi connectivity index (χ0v) is 15.4. The van der Waals surface area contributed by atoms with E-state index in [2.05, 4.69) is 10.3 Å². The highest BCUT2D eigenvalue weighted by Gasteiger charge is 2.34. The van der Waals surface area contributed by atoms with Crippen LogP contribution < -0.4 is 10.1 Å². The van der Waals surface area contributed by atoms with Crippen molar-refractivity contribution in [3.05, 3.63) is 64.8 Å². The van der Waals surface area contributed by atoms with Gasteiger partial charge in [-0.3, -0.25) is 24.3 Å². The van der Waals surface area contributed by atoms with E-state index in [0.717, 1.165) is 22.2 Å². The number of nitrogens with one attached hydrogen (secondary N) is 1. The molecule has 3 amide bonds. The summed E-state index contributed by atoms with van der Waals surface area (Å²) in [5.74, 6) is 0.00726. The average Bonchev–Trinajstić information content (AvgIpc) is 2.96. The molecule has 27 heavy (non-hydrogen) atoms. The van der Waals surface area contributed by atoms with Gasteiger partial charge in [0.25, 0.3) is 17.1 Å². The summed E-state index contributed by atoms with van der Waals surface area (Å²) >= 11 is 0.880. The van der Waals surface area contributed by atoms with Gasteiger partial charge in [0.2, 0.25) is 0 Å². The van der Waals surface area contributed by atoms with Crippen molar-refractivity contribution in [3.8, 4) is 5.75 Å². The first-order valence-electron chi connectivity index (χ1n) is 8.16. The molecule has 2 aromatic rings. The fourth-order valence-electron chi connectivity index (χ4n) is 2.43. The van der Waals surface area contributed by atoms with Crippen LogP contribution in [0, 0.1) is 0 Å². The lowest BCUT2D eigenvalue weighted by molar-refractivity contribution is -0.122. The maximum Gasteiger partial charge on any atom is 0.293 e. The summed E-state index contributed by atoms with van der Waals surface area (Å²) in [5.41, 5.74) is 1.22. The summed E-state index contributed by atoms with van der Waals surface area (Å²) in [4.78, 5) is 42.1. The maximum atomic E-state index is 12.4. The molecule has 0 spiro atoms. The van der Waals surface area contributed by atoms with Crippen LogP contribution >= 0.6 is 11.8 Å². The van der Waals surface area contributed by atoms with Gasteiger partial charge in [-0.05, 0) is 53.7 Å². The van der Waals surface area contributed by atoms with E-state index in [1.807, 2.05) is 0 Å². The van der Waals surface area contributed by atoms with Crippen LogP contribution in [0.25, 0.3) is 6.08 Å². The van der Waals surface area contributed by atoms with Crippen LogP contribution in [0.2, 0.25) is 0 Å². The molecular weight excluding hydrogens is 366 g/mol. The molecule has 3 rings (SSSR count). The fraction of sp³-hybridized carbons (Fsp3) is 0.158. The van der Waals surface area contributed by atoms with E-state index in [9.17, 15) is 14.4 Å². The van der Waals surface area contributed by atoms with Gasteiger partial charge < -0.3 is 10.1 Å². The molecule has 1 aromatic heterocycles. The lowest BCUT2D eigenvalue weighted by atomic mass is 10.2. The van der Waals surface area contributed by atoms with E-state index in [-0.39, 0.29) is 30.1 Å². The molecule has 1 fully saturated rings. The predicted octanol–water partition coefficient (Wildman–Crippen LogP) is 2.56. The number of ether oxygens (including phenoxy) is 1. The predicted molar refractivity (Wildman–Crippen MR) is 102 cm³/mol. The highest BCUT2D eigenvalue weighted by molar-refractivity contribution is 8.18. The first-order chi connectivity index (χ1) is 13.1. The third-order valence-electron chi connectivity index (χ3n) is 3.83. The molecule has 8 heteroatoms. The molecule has 0 saturated carbocycles. The largest absolute Gasteiger partial charge is 0.497 e. The van der Waals surface area contributed by atoms with E-state index in [1.54, 1.807) is 62.0 Å². The van der Waals surface area contributed by atoms with Gasteiger partial charge in [-0.25, -0.2) is 0 Å². The van der Waals surface area contributed by atoms with Crippen molar-refractivity contribution in [2.75, 3.05) is 20.2 Å². The minimum atomic E-state index is -0.368. The molecule has 1 aliphatic rings. The van der Waals surface area contributed by atoms with Crippen molar-refractivity contribution in [3.63, 3.8) is 0 Å². The van der Waals surface area contributed by atoms with Gasteiger partial charge in [0.15, 0.2) is 0 Å². The quantitative estimate of drug-likeness (QED) is 0.772. The minimum absolute atomic E-state index is 0.108. The smallest absolute Gasteiger partial charge is 0.293 e. The van der Waals surface area contributed by atoms with E-state index in [4.69, 9.17) is 4.74 Å². The van der Waals surface area contributed by atoms with Gasteiger partial charge in [-0.1, -0.05) is 6.07 Å². The van der Waals surface area contributed by atoms with Gasteiger partial charge in [-0.2, -0.15) is 0 Å². The number of aromatic nitrogens is 1. The molecule has 0 bridgehead atoms. The van der Waals surface area contributed by atoms with Crippen molar-refractivity contribution in [2.45, 2.75) is 0 Å². The van der Waals surface area contributed by atoms with Gasteiger partial charge >= 0.3 is 0 Å². The monoisotopic (exact) mass is 383 g/mol. The molecule has 2 heterocycles. The second kappa shape index (κ2) is 8.50. The minimum Gasteiger partial charge on any atom is -0.497 e. The van der Waals surface area contributed by atoms with Crippen LogP contribution in [-0.4, -0.2) is 47.1 Å². The third-order valence-corrected chi connectivity index (χ3v) is 4.74. The van der Waals surface area contributed by atoms with Crippen LogP contribution in [-0.2, 0) is 4.79 Å². The Morgan fingerprint density at radius 1 is 1.26 bits per heavy atom. The van der Waals surface area contributed by atoms with Crippen LogP contribution in [0.4, 0.5) is 4.79 Å². The molecule has 1 aliphatic heterocycles. The number of hydrogen-bond acceptors (Lipinski definition) is 6. The van der Waals surface area contributed by atoms with Crippen LogP contribution in [0.5, 0.6) is 5.75 Å². The van der Waals surface area contributed by atoms with E-state index < -0.39 is 0 Å². The second-order valence-electron chi connectivity index (χ2n) is 5.60. The fourth-order valence-corrected chi connectivity index (χ4v) is 3.30. The Bertz CT molecular complexity index is 882. The maximum absolute atomic E-state index is 12.4. The zero-order chi connectivity index (χ0) is 19.2. The number of methoxy groups -OCH3 is 1. The lowest BCUT2D eigenvalue weighted by Crippen LogP contribution is -2.37. The third kappa shape index (κ3) is 4.53. The number of hydrogen-bond donors (Lipinski definition) is 1. The summed E-state index contributed by atoms with van der Waals surface area (Å²) in [5, 5.41) is 2.35. The van der Waals surface area contributed by atoms with Gasteiger partial charge in [0.1, 0.15) is 5.75 Å². The summed E-state index contributed by atoms with van der Waals surface area (Å²) in [6.07, 6.45) is 4.88. The molecular formula is C19H17N3O4S. The SMILES string of the molecule is COc1ccc(C(=O)NCCN2C(=O)S/C(=C/c3cccnc3)C2=O)cc1. The van der Waals surface area contributed by atoms with Gasteiger partial charge in [0.05, 0.1) is 12.0 Å². The lowest BCUT2D eigenvalue weighted by Gasteiger charge is -2.13.